The van der Waals surface area contributed by atoms with E-state index in [2.05, 4.69) is 0 Å². The molecule has 1 fully saturated rings. The molecular formula is C21H26O10. The van der Waals surface area contributed by atoms with Gasteiger partial charge in [-0.2, -0.15) is 0 Å². The maximum absolute atomic E-state index is 12.5. The monoisotopic (exact) mass is 438 g/mol. The minimum absolute atomic E-state index is 0.0396. The van der Waals surface area contributed by atoms with E-state index >= 15 is 0 Å². The van der Waals surface area contributed by atoms with Crippen LogP contribution in [0, 0.1) is 5.92 Å². The first-order valence-electron chi connectivity index (χ1n) is 9.62. The Morgan fingerprint density at radius 3 is 1.87 bits per heavy atom. The predicted molar refractivity (Wildman–Crippen MR) is 104 cm³/mol. The van der Waals surface area contributed by atoms with Gasteiger partial charge >= 0.3 is 23.9 Å². The molecule has 0 radical (unpaired) electrons. The standard InChI is InChI=1S/C21H26O10/c1-11(23)28-18-16(21(26)27-4)9-17(31-15-7-5-14(10-22)6-8-15)19(29-12(2)24)20(18)30-13(3)25/h5-8,16-20,22H,9-10H2,1-4H3/t16-,17+,18+,19-,20-/m0/s1. The van der Waals surface area contributed by atoms with E-state index in [1.165, 1.54) is 14.0 Å². The molecule has 1 aromatic carbocycles. The first-order valence-corrected chi connectivity index (χ1v) is 9.62. The number of aliphatic hydroxyl groups excluding tert-OH is 1. The Labute approximate surface area is 179 Å². The van der Waals surface area contributed by atoms with Crippen molar-refractivity contribution in [1.29, 1.82) is 0 Å². The van der Waals surface area contributed by atoms with E-state index in [9.17, 15) is 24.3 Å². The number of ether oxygens (including phenoxy) is 5. The van der Waals surface area contributed by atoms with Crippen LogP contribution in [0.1, 0.15) is 32.8 Å². The van der Waals surface area contributed by atoms with Crippen molar-refractivity contribution in [2.75, 3.05) is 7.11 Å². The molecule has 0 bridgehead atoms. The summed E-state index contributed by atoms with van der Waals surface area (Å²) in [7, 11) is 1.18. The van der Waals surface area contributed by atoms with E-state index < -0.39 is 54.2 Å². The molecule has 1 aliphatic carbocycles. The SMILES string of the molecule is COC(=O)[C@H]1C[C@@H](Oc2ccc(CO)cc2)[C@H](OC(C)=O)[C@@H](OC(C)=O)[C@@H]1OC(C)=O. The summed E-state index contributed by atoms with van der Waals surface area (Å²) < 4.78 is 26.8. The zero-order valence-corrected chi connectivity index (χ0v) is 17.7. The van der Waals surface area contributed by atoms with Gasteiger partial charge in [0.25, 0.3) is 0 Å². The van der Waals surface area contributed by atoms with Crippen molar-refractivity contribution in [2.24, 2.45) is 5.92 Å². The quantitative estimate of drug-likeness (QED) is 0.483. The van der Waals surface area contributed by atoms with Gasteiger partial charge in [-0.1, -0.05) is 12.1 Å². The number of carbonyl (C=O) groups excluding carboxylic acids is 4. The molecule has 0 saturated heterocycles. The lowest BCUT2D eigenvalue weighted by Gasteiger charge is -2.43. The number of esters is 4. The Bertz CT molecular complexity index is 803. The van der Waals surface area contributed by atoms with Gasteiger partial charge in [0.15, 0.2) is 18.3 Å². The average molecular weight is 438 g/mol. The molecule has 2 rings (SSSR count). The van der Waals surface area contributed by atoms with Crippen LogP contribution in [-0.4, -0.2) is 60.5 Å². The van der Waals surface area contributed by atoms with Crippen LogP contribution in [0.3, 0.4) is 0 Å². The number of benzene rings is 1. The molecule has 10 heteroatoms. The fraction of sp³-hybridized carbons (Fsp3) is 0.524. The lowest BCUT2D eigenvalue weighted by atomic mass is 9.80. The highest BCUT2D eigenvalue weighted by molar-refractivity contribution is 5.75. The topological polar surface area (TPSA) is 135 Å². The molecule has 10 nitrogen and oxygen atoms in total. The highest BCUT2D eigenvalue weighted by atomic mass is 16.6. The summed E-state index contributed by atoms with van der Waals surface area (Å²) in [5.41, 5.74) is 0.660. The third kappa shape index (κ3) is 6.42. The van der Waals surface area contributed by atoms with Crippen molar-refractivity contribution in [3.63, 3.8) is 0 Å². The third-order valence-electron chi connectivity index (χ3n) is 4.70. The molecule has 5 atom stereocenters. The average Bonchev–Trinajstić information content (AvgIpc) is 2.71. The number of rotatable bonds is 7. The van der Waals surface area contributed by atoms with Crippen molar-refractivity contribution in [1.82, 2.24) is 0 Å². The van der Waals surface area contributed by atoms with Crippen LogP contribution in [0.15, 0.2) is 24.3 Å². The Morgan fingerprint density at radius 2 is 1.39 bits per heavy atom. The molecular weight excluding hydrogens is 412 g/mol. The van der Waals surface area contributed by atoms with E-state index in [0.29, 0.717) is 11.3 Å². The van der Waals surface area contributed by atoms with Crippen molar-refractivity contribution in [3.8, 4) is 5.75 Å². The molecule has 0 unspecified atom stereocenters. The van der Waals surface area contributed by atoms with Gasteiger partial charge in [-0.05, 0) is 17.7 Å². The highest BCUT2D eigenvalue weighted by Gasteiger charge is 2.54. The van der Waals surface area contributed by atoms with Gasteiger partial charge in [0.2, 0.25) is 0 Å². The molecule has 0 aliphatic heterocycles. The van der Waals surface area contributed by atoms with Crippen LogP contribution >= 0.6 is 0 Å². The first-order chi connectivity index (χ1) is 14.7. The third-order valence-corrected chi connectivity index (χ3v) is 4.70. The Balaban J connectivity index is 2.46. The van der Waals surface area contributed by atoms with Gasteiger partial charge < -0.3 is 28.8 Å². The van der Waals surface area contributed by atoms with Crippen molar-refractivity contribution >= 4 is 23.9 Å². The minimum atomic E-state index is -1.30. The lowest BCUT2D eigenvalue weighted by Crippen LogP contribution is -2.61. The molecule has 0 aromatic heterocycles. The summed E-state index contributed by atoms with van der Waals surface area (Å²) in [5.74, 6) is -3.48. The zero-order valence-electron chi connectivity index (χ0n) is 17.7. The first kappa shape index (κ1) is 24.1. The number of methoxy groups -OCH3 is 1. The van der Waals surface area contributed by atoms with Crippen LogP contribution in [-0.2, 0) is 44.7 Å². The fourth-order valence-corrected chi connectivity index (χ4v) is 3.49. The van der Waals surface area contributed by atoms with Gasteiger partial charge in [0, 0.05) is 27.2 Å². The van der Waals surface area contributed by atoms with E-state index in [0.717, 1.165) is 13.8 Å². The smallest absolute Gasteiger partial charge is 0.312 e. The minimum Gasteiger partial charge on any atom is -0.486 e. The Hall–Kier alpha value is -3.14. The maximum Gasteiger partial charge on any atom is 0.312 e. The lowest BCUT2D eigenvalue weighted by molar-refractivity contribution is -0.213. The van der Waals surface area contributed by atoms with E-state index in [4.69, 9.17) is 23.7 Å². The molecule has 170 valence electrons. The predicted octanol–water partition coefficient (Wildman–Crippen LogP) is 0.914. The van der Waals surface area contributed by atoms with Gasteiger partial charge in [-0.15, -0.1) is 0 Å². The van der Waals surface area contributed by atoms with E-state index in [1.807, 2.05) is 0 Å². The number of aliphatic hydroxyl groups is 1. The Kier molecular flexibility index (Phi) is 8.38. The Morgan fingerprint density at radius 1 is 0.871 bits per heavy atom. The number of hydrogen-bond donors (Lipinski definition) is 1. The largest absolute Gasteiger partial charge is 0.486 e. The fourth-order valence-electron chi connectivity index (χ4n) is 3.49. The number of carbonyl (C=O) groups is 4. The van der Waals surface area contributed by atoms with Crippen molar-refractivity contribution in [2.45, 2.75) is 58.2 Å². The van der Waals surface area contributed by atoms with Crippen LogP contribution in [0.5, 0.6) is 5.75 Å². The normalized spacial score (nSPS) is 25.1. The molecule has 1 aromatic rings. The molecule has 0 heterocycles. The van der Waals surface area contributed by atoms with Gasteiger partial charge in [-0.3, -0.25) is 19.2 Å². The van der Waals surface area contributed by atoms with Gasteiger partial charge in [-0.25, -0.2) is 0 Å². The van der Waals surface area contributed by atoms with Crippen LogP contribution in [0.2, 0.25) is 0 Å². The zero-order chi connectivity index (χ0) is 23.1. The molecule has 0 spiro atoms. The molecule has 0 amide bonds. The van der Waals surface area contributed by atoms with Crippen molar-refractivity contribution in [3.05, 3.63) is 29.8 Å². The summed E-state index contributed by atoms with van der Waals surface area (Å²) in [4.78, 5) is 47.7. The van der Waals surface area contributed by atoms with Crippen molar-refractivity contribution < 1.29 is 48.0 Å². The van der Waals surface area contributed by atoms with Gasteiger partial charge in [0.05, 0.1) is 13.7 Å². The van der Waals surface area contributed by atoms with Crippen LogP contribution in [0.25, 0.3) is 0 Å². The molecule has 1 N–H and O–H groups in total. The summed E-state index contributed by atoms with van der Waals surface area (Å²) in [6, 6.07) is 6.48. The molecule has 1 saturated carbocycles. The second-order valence-corrected chi connectivity index (χ2v) is 7.05. The van der Waals surface area contributed by atoms with Crippen LogP contribution in [0.4, 0.5) is 0 Å². The number of hydrogen-bond acceptors (Lipinski definition) is 10. The summed E-state index contributed by atoms with van der Waals surface area (Å²) in [6.07, 6.45) is -4.67. The van der Waals surface area contributed by atoms with Crippen LogP contribution < -0.4 is 4.74 Å². The summed E-state index contributed by atoms with van der Waals surface area (Å²) >= 11 is 0. The van der Waals surface area contributed by atoms with Gasteiger partial charge in [0.1, 0.15) is 17.8 Å². The summed E-state index contributed by atoms with van der Waals surface area (Å²) in [6.45, 7) is 3.31. The second-order valence-electron chi connectivity index (χ2n) is 7.05. The van der Waals surface area contributed by atoms with E-state index in [1.54, 1.807) is 24.3 Å². The molecule has 1 aliphatic rings. The van der Waals surface area contributed by atoms with E-state index in [-0.39, 0.29) is 13.0 Å². The second kappa shape index (κ2) is 10.8. The highest BCUT2D eigenvalue weighted by Crippen LogP contribution is 2.35. The maximum atomic E-state index is 12.5. The molecule has 31 heavy (non-hydrogen) atoms. The summed E-state index contributed by atoms with van der Waals surface area (Å²) in [5, 5.41) is 9.19.